The Morgan fingerprint density at radius 2 is 1.00 bits per heavy atom. The van der Waals surface area contributed by atoms with Gasteiger partial charge in [0.15, 0.2) is 0 Å². The first-order chi connectivity index (χ1) is 2.91. The van der Waals surface area contributed by atoms with Crippen molar-refractivity contribution >= 4 is 0 Å². The van der Waals surface area contributed by atoms with Gasteiger partial charge in [-0.05, 0) is 0 Å². The van der Waals surface area contributed by atoms with Crippen LogP contribution in [0.2, 0.25) is 0 Å². The van der Waals surface area contributed by atoms with Crippen LogP contribution in [0.4, 0.5) is 0 Å². The second-order valence-electron chi connectivity index (χ2n) is 0.657. The van der Waals surface area contributed by atoms with Crippen molar-refractivity contribution in [2.24, 2.45) is 0 Å². The molecule has 0 unspecified atom stereocenters. The molecule has 0 aliphatic carbocycles. The molecule has 0 aliphatic rings. The van der Waals surface area contributed by atoms with Gasteiger partial charge in [-0.1, -0.05) is 12.2 Å². The molecule has 0 fully saturated rings. The largest absolute Gasteiger partial charge is 1.00 e. The van der Waals surface area contributed by atoms with Crippen LogP contribution in [-0.2, 0) is 0 Å². The van der Waals surface area contributed by atoms with Crippen LogP contribution < -0.4 is 47.9 Å². The number of allylic oxidation sites excluding steroid dienone is 2. The Bertz CT molecular complexity index is 60.4. The van der Waals surface area contributed by atoms with Gasteiger partial charge >= 0.3 is 37.7 Å². The fourth-order valence-corrected chi connectivity index (χ4v) is 0.0907. The molecular formula is C4H4Li2O2. The fraction of sp³-hybridized carbons (Fsp3) is 0. The van der Waals surface area contributed by atoms with Crippen molar-refractivity contribution in [3.8, 4) is 0 Å². The maximum Gasteiger partial charge on any atom is 1.00 e. The van der Waals surface area contributed by atoms with E-state index in [0.717, 1.165) is 12.2 Å². The normalized spacial score (nSPS) is 8.50. The van der Waals surface area contributed by atoms with Crippen LogP contribution in [0.5, 0.6) is 0 Å². The zero-order valence-electron chi connectivity index (χ0n) is 5.13. The Morgan fingerprint density at radius 3 is 1.12 bits per heavy atom. The molecule has 0 saturated carbocycles. The van der Waals surface area contributed by atoms with Crippen molar-refractivity contribution in [2.45, 2.75) is 0 Å². The van der Waals surface area contributed by atoms with Crippen molar-refractivity contribution in [1.82, 2.24) is 0 Å². The third-order valence-corrected chi connectivity index (χ3v) is 0.268. The molecule has 8 heavy (non-hydrogen) atoms. The molecular weight excluding hydrogens is 93.9 g/mol. The van der Waals surface area contributed by atoms with E-state index in [1.807, 2.05) is 0 Å². The molecule has 0 aromatic carbocycles. The summed E-state index contributed by atoms with van der Waals surface area (Å²) in [7, 11) is 0. The zero-order valence-corrected chi connectivity index (χ0v) is 5.13. The third kappa shape index (κ3) is 16.3. The van der Waals surface area contributed by atoms with Crippen molar-refractivity contribution in [2.75, 3.05) is 0 Å². The summed E-state index contributed by atoms with van der Waals surface area (Å²) in [5, 5.41) is 18.6. The monoisotopic (exact) mass is 98.1 g/mol. The predicted octanol–water partition coefficient (Wildman–Crippen LogP) is -7.26. The number of rotatable bonds is 1. The summed E-state index contributed by atoms with van der Waals surface area (Å²) in [6.07, 6.45) is 3.36. The van der Waals surface area contributed by atoms with Crippen molar-refractivity contribution in [3.05, 3.63) is 24.7 Å². The van der Waals surface area contributed by atoms with Crippen LogP contribution in [0.3, 0.4) is 0 Å². The van der Waals surface area contributed by atoms with Gasteiger partial charge in [0.05, 0.1) is 0 Å². The summed E-state index contributed by atoms with van der Waals surface area (Å²) in [6, 6.07) is 0. The summed E-state index contributed by atoms with van der Waals surface area (Å²) < 4.78 is 0. The van der Waals surface area contributed by atoms with Crippen LogP contribution in [0.1, 0.15) is 0 Å². The average molecular weight is 98.0 g/mol. The van der Waals surface area contributed by atoms with Gasteiger partial charge in [0.25, 0.3) is 0 Å². The van der Waals surface area contributed by atoms with Gasteiger partial charge < -0.3 is 10.2 Å². The average Bonchev–Trinajstić information content (AvgIpc) is 1.61. The molecule has 0 aliphatic heterocycles. The molecule has 0 aromatic heterocycles. The Balaban J connectivity index is -0.000000125. The molecule has 2 nitrogen and oxygen atoms in total. The minimum atomic E-state index is 0. The standard InChI is InChI=1S/C4H6O2.2Li/c5-3-1-2-4-6;;/h1-6H;;/q;2*+1/p-2/b3-1-,4-2+;;. The van der Waals surface area contributed by atoms with E-state index >= 15 is 0 Å². The van der Waals surface area contributed by atoms with Gasteiger partial charge in [-0.2, -0.15) is 0 Å². The van der Waals surface area contributed by atoms with Crippen LogP contribution in [-0.4, -0.2) is 0 Å². The van der Waals surface area contributed by atoms with Crippen LogP contribution in [0.25, 0.3) is 0 Å². The first-order valence-electron chi connectivity index (χ1n) is 1.47. The molecule has 0 radical (unpaired) electrons. The fourth-order valence-electron chi connectivity index (χ4n) is 0.0907. The van der Waals surface area contributed by atoms with Crippen LogP contribution in [0, 0.1) is 0 Å². The molecule has 4 heteroatoms. The molecule has 0 aromatic rings. The molecule has 0 bridgehead atoms. The molecule has 0 spiro atoms. The summed E-state index contributed by atoms with van der Waals surface area (Å²) in [5.74, 6) is 0. The zero-order chi connectivity index (χ0) is 4.83. The van der Waals surface area contributed by atoms with E-state index in [2.05, 4.69) is 0 Å². The maximum absolute atomic E-state index is 9.32. The van der Waals surface area contributed by atoms with Crippen LogP contribution in [0.15, 0.2) is 24.7 Å². The quantitative estimate of drug-likeness (QED) is 0.186. The van der Waals surface area contributed by atoms with Crippen molar-refractivity contribution in [3.63, 3.8) is 0 Å². The van der Waals surface area contributed by atoms with E-state index in [9.17, 15) is 10.2 Å². The van der Waals surface area contributed by atoms with Gasteiger partial charge in [-0.25, -0.2) is 0 Å². The van der Waals surface area contributed by atoms with Crippen molar-refractivity contribution in [1.29, 1.82) is 0 Å². The summed E-state index contributed by atoms with van der Waals surface area (Å²) >= 11 is 0. The second-order valence-corrected chi connectivity index (χ2v) is 0.657. The maximum atomic E-state index is 9.32. The molecule has 0 atom stereocenters. The Morgan fingerprint density at radius 1 is 0.750 bits per heavy atom. The van der Waals surface area contributed by atoms with E-state index in [-0.39, 0.29) is 37.7 Å². The summed E-state index contributed by atoms with van der Waals surface area (Å²) in [5.41, 5.74) is 0. The predicted molar refractivity (Wildman–Crippen MR) is 18.3 cm³/mol. The molecule has 0 N–H and O–H groups in total. The Kier molecular flexibility index (Phi) is 30.8. The Labute approximate surface area is 72.6 Å². The second kappa shape index (κ2) is 15.7. The van der Waals surface area contributed by atoms with Gasteiger partial charge in [0, 0.05) is 0 Å². The molecule has 0 amide bonds. The SMILES string of the molecule is [Li+].[Li+].[O-]/C=C\C=C\[O-]. The first-order valence-corrected chi connectivity index (χ1v) is 1.47. The van der Waals surface area contributed by atoms with E-state index in [4.69, 9.17) is 0 Å². The van der Waals surface area contributed by atoms with Gasteiger partial charge in [0.1, 0.15) is 0 Å². The van der Waals surface area contributed by atoms with E-state index in [0.29, 0.717) is 12.5 Å². The van der Waals surface area contributed by atoms with Crippen LogP contribution >= 0.6 is 0 Å². The van der Waals surface area contributed by atoms with E-state index in [1.165, 1.54) is 0 Å². The smallest absolute Gasteiger partial charge is 0.878 e. The number of hydrogen-bond donors (Lipinski definition) is 0. The van der Waals surface area contributed by atoms with Gasteiger partial charge in [0.2, 0.25) is 0 Å². The number of hydrogen-bond acceptors (Lipinski definition) is 2. The minimum absolute atomic E-state index is 0. The first kappa shape index (κ1) is 15.7. The third-order valence-electron chi connectivity index (χ3n) is 0.268. The van der Waals surface area contributed by atoms with Crippen molar-refractivity contribution < 1.29 is 47.9 Å². The molecule has 0 saturated heterocycles. The van der Waals surface area contributed by atoms with Gasteiger partial charge in [-0.15, -0.1) is 12.5 Å². The molecule has 0 rings (SSSR count). The molecule has 34 valence electrons. The summed E-state index contributed by atoms with van der Waals surface area (Å²) in [4.78, 5) is 0. The van der Waals surface area contributed by atoms with E-state index < -0.39 is 0 Å². The minimum Gasteiger partial charge on any atom is -0.878 e. The topological polar surface area (TPSA) is 46.1 Å². The summed E-state index contributed by atoms with van der Waals surface area (Å²) in [6.45, 7) is 0. The Hall–Kier alpha value is 0.275. The van der Waals surface area contributed by atoms with Gasteiger partial charge in [-0.3, -0.25) is 0 Å². The molecule has 0 heterocycles. The van der Waals surface area contributed by atoms with E-state index in [1.54, 1.807) is 0 Å².